The number of esters is 1. The zero-order valence-electron chi connectivity index (χ0n) is 19.0. The monoisotopic (exact) mass is 503 g/mol. The third-order valence-corrected chi connectivity index (χ3v) is 7.78. The maximum atomic E-state index is 13.0. The summed E-state index contributed by atoms with van der Waals surface area (Å²) in [7, 11) is -3.94. The second kappa shape index (κ2) is 9.90. The molecule has 1 unspecified atom stereocenters. The van der Waals surface area contributed by atoms with E-state index >= 15 is 0 Å². The number of unbranched alkanes of at least 4 members (excludes halogenated alkanes) is 1. The smallest absolute Gasteiger partial charge is 0.339 e. The van der Waals surface area contributed by atoms with Gasteiger partial charge in [0.05, 0.1) is 9.92 Å². The van der Waals surface area contributed by atoms with E-state index in [9.17, 15) is 18.0 Å². The fraction of sp³-hybridized carbons (Fsp3) is 0.360. The Hall–Kier alpha value is -2.68. The number of aryl methyl sites for hydroxylation is 2. The second-order valence-corrected chi connectivity index (χ2v) is 10.7. The van der Waals surface area contributed by atoms with Gasteiger partial charge >= 0.3 is 11.6 Å². The first-order valence-electron chi connectivity index (χ1n) is 11.3. The number of halogens is 1. The van der Waals surface area contributed by atoms with Crippen molar-refractivity contribution in [2.45, 2.75) is 63.3 Å². The molecule has 1 aliphatic carbocycles. The lowest BCUT2D eigenvalue weighted by atomic mass is 10.1. The third kappa shape index (κ3) is 5.04. The van der Waals surface area contributed by atoms with Gasteiger partial charge in [0.15, 0.2) is 5.75 Å². The van der Waals surface area contributed by atoms with Crippen LogP contribution < -0.4 is 15.1 Å². The van der Waals surface area contributed by atoms with Crippen LogP contribution in [0.5, 0.6) is 5.75 Å². The molecule has 2 aromatic carbocycles. The normalized spacial score (nSPS) is 14.2. The average Bonchev–Trinajstić information content (AvgIpc) is 3.29. The summed E-state index contributed by atoms with van der Waals surface area (Å²) in [6.45, 7) is 3.80. The Morgan fingerprint density at radius 1 is 1.18 bits per heavy atom. The number of benzene rings is 2. The molecule has 3 aromatic rings. The summed E-state index contributed by atoms with van der Waals surface area (Å²) in [5.74, 6) is -0.773. The van der Waals surface area contributed by atoms with Crippen LogP contribution in [0.25, 0.3) is 11.0 Å². The van der Waals surface area contributed by atoms with Crippen LogP contribution in [0.3, 0.4) is 0 Å². The molecule has 0 radical (unpaired) electrons. The van der Waals surface area contributed by atoms with Gasteiger partial charge < -0.3 is 9.15 Å². The van der Waals surface area contributed by atoms with Crippen LogP contribution in [0, 0.1) is 6.92 Å². The number of sulfonamides is 1. The molecule has 7 nitrogen and oxygen atoms in total. The first-order chi connectivity index (χ1) is 16.2. The summed E-state index contributed by atoms with van der Waals surface area (Å²) in [6.07, 6.45) is 3.93. The molecular weight excluding hydrogens is 478 g/mol. The quantitative estimate of drug-likeness (QED) is 0.272. The minimum atomic E-state index is -3.94. The molecule has 34 heavy (non-hydrogen) atoms. The van der Waals surface area contributed by atoms with Gasteiger partial charge in [-0.3, -0.25) is 0 Å². The Morgan fingerprint density at radius 2 is 1.88 bits per heavy atom. The van der Waals surface area contributed by atoms with Crippen molar-refractivity contribution in [3.05, 3.63) is 68.5 Å². The highest BCUT2D eigenvalue weighted by atomic mass is 35.5. The van der Waals surface area contributed by atoms with Gasteiger partial charge in [-0.1, -0.05) is 49.1 Å². The standard InChI is InChI=1S/C25H26ClNO6S/c1-3-4-8-21(27-34(30,31)16-11-9-15(2)10-12-16)25(29)33-23-14-22-19(13-20(23)26)17-6-5-7-18(17)24(28)32-22/h9-14,21,27H,3-8H2,1-2H3. The Labute approximate surface area is 203 Å². The van der Waals surface area contributed by atoms with Crippen LogP contribution in [0.4, 0.5) is 0 Å². The van der Waals surface area contributed by atoms with Gasteiger partial charge in [-0.15, -0.1) is 0 Å². The third-order valence-electron chi connectivity index (χ3n) is 6.00. The molecule has 9 heteroatoms. The number of hydrogen-bond acceptors (Lipinski definition) is 6. The van der Waals surface area contributed by atoms with E-state index < -0.39 is 27.7 Å². The lowest BCUT2D eigenvalue weighted by molar-refractivity contribution is -0.136. The van der Waals surface area contributed by atoms with Crippen LogP contribution in [0.2, 0.25) is 5.02 Å². The molecule has 0 aliphatic heterocycles. The number of hydrogen-bond donors (Lipinski definition) is 1. The molecule has 180 valence electrons. The number of fused-ring (bicyclic) bond motifs is 3. The molecule has 0 amide bonds. The number of ether oxygens (including phenoxy) is 1. The lowest BCUT2D eigenvalue weighted by Crippen LogP contribution is -2.43. The van der Waals surface area contributed by atoms with Gasteiger partial charge in [-0.05, 0) is 56.4 Å². The first-order valence-corrected chi connectivity index (χ1v) is 13.1. The highest BCUT2D eigenvalue weighted by Gasteiger charge is 2.28. The highest BCUT2D eigenvalue weighted by Crippen LogP contribution is 2.35. The van der Waals surface area contributed by atoms with Crippen molar-refractivity contribution >= 4 is 38.6 Å². The van der Waals surface area contributed by atoms with E-state index in [1.807, 2.05) is 13.8 Å². The Balaban J connectivity index is 1.61. The number of carbonyl (C=O) groups excluding carboxylic acids is 1. The van der Waals surface area contributed by atoms with Gasteiger partial charge in [0.25, 0.3) is 0 Å². The summed E-state index contributed by atoms with van der Waals surface area (Å²) in [4.78, 5) is 25.4. The summed E-state index contributed by atoms with van der Waals surface area (Å²) in [6, 6.07) is 8.29. The second-order valence-electron chi connectivity index (χ2n) is 8.53. The van der Waals surface area contributed by atoms with Crippen molar-refractivity contribution < 1.29 is 22.4 Å². The van der Waals surface area contributed by atoms with Gasteiger partial charge in [-0.2, -0.15) is 4.72 Å². The molecule has 1 aliphatic rings. The topological polar surface area (TPSA) is 103 Å². The SMILES string of the molecule is CCCCC(NS(=O)(=O)c1ccc(C)cc1)C(=O)Oc1cc2oc(=O)c3c(c2cc1Cl)CCC3. The molecule has 0 spiro atoms. The summed E-state index contributed by atoms with van der Waals surface area (Å²) < 4.78 is 39.1. The van der Waals surface area contributed by atoms with Gasteiger partial charge in [0, 0.05) is 17.0 Å². The summed E-state index contributed by atoms with van der Waals surface area (Å²) in [5, 5.41) is 0.902. The highest BCUT2D eigenvalue weighted by molar-refractivity contribution is 7.89. The molecule has 1 atom stereocenters. The van der Waals surface area contributed by atoms with Crippen molar-refractivity contribution in [1.82, 2.24) is 4.72 Å². The van der Waals surface area contributed by atoms with Crippen molar-refractivity contribution in [2.24, 2.45) is 0 Å². The van der Waals surface area contributed by atoms with Crippen molar-refractivity contribution in [2.75, 3.05) is 0 Å². The van der Waals surface area contributed by atoms with Crippen LogP contribution in [0.15, 0.2) is 50.5 Å². The minimum absolute atomic E-state index is 0.0105. The molecule has 1 N–H and O–H groups in total. The van der Waals surface area contributed by atoms with Gasteiger partial charge in [0.2, 0.25) is 10.0 Å². The fourth-order valence-corrected chi connectivity index (χ4v) is 5.57. The lowest BCUT2D eigenvalue weighted by Gasteiger charge is -2.18. The minimum Gasteiger partial charge on any atom is -0.424 e. The number of rotatable bonds is 8. The first kappa shape index (κ1) is 24.4. The zero-order chi connectivity index (χ0) is 24.5. The largest absolute Gasteiger partial charge is 0.424 e. The Kier molecular flexibility index (Phi) is 7.12. The van der Waals surface area contributed by atoms with Crippen LogP contribution in [-0.4, -0.2) is 20.4 Å². The van der Waals surface area contributed by atoms with Crippen LogP contribution in [0.1, 0.15) is 49.3 Å². The van der Waals surface area contributed by atoms with E-state index in [-0.39, 0.29) is 27.7 Å². The van der Waals surface area contributed by atoms with Crippen molar-refractivity contribution in [3.8, 4) is 5.75 Å². The predicted octanol–water partition coefficient (Wildman–Crippen LogP) is 4.69. The van der Waals surface area contributed by atoms with Crippen LogP contribution >= 0.6 is 11.6 Å². The number of carbonyl (C=O) groups is 1. The molecule has 0 saturated carbocycles. The van der Waals surface area contributed by atoms with E-state index in [4.69, 9.17) is 20.8 Å². The average molecular weight is 504 g/mol. The van der Waals surface area contributed by atoms with Crippen molar-refractivity contribution in [3.63, 3.8) is 0 Å². The van der Waals surface area contributed by atoms with Gasteiger partial charge in [-0.25, -0.2) is 18.0 Å². The number of nitrogens with one attached hydrogen (secondary N) is 1. The Morgan fingerprint density at radius 3 is 2.59 bits per heavy atom. The predicted molar refractivity (Wildman–Crippen MR) is 130 cm³/mol. The van der Waals surface area contributed by atoms with E-state index in [0.29, 0.717) is 18.4 Å². The summed E-state index contributed by atoms with van der Waals surface area (Å²) in [5.41, 5.74) is 2.38. The summed E-state index contributed by atoms with van der Waals surface area (Å²) >= 11 is 6.41. The molecular formula is C25H26ClNO6S. The van der Waals surface area contributed by atoms with Crippen LogP contribution in [-0.2, 0) is 27.7 Å². The van der Waals surface area contributed by atoms with E-state index in [1.54, 1.807) is 18.2 Å². The van der Waals surface area contributed by atoms with Gasteiger partial charge in [0.1, 0.15) is 11.6 Å². The maximum absolute atomic E-state index is 13.0. The molecule has 1 heterocycles. The van der Waals surface area contributed by atoms with E-state index in [0.717, 1.165) is 35.8 Å². The molecule has 1 aromatic heterocycles. The molecule has 0 bridgehead atoms. The Bertz CT molecular complexity index is 1400. The fourth-order valence-electron chi connectivity index (χ4n) is 4.15. The maximum Gasteiger partial charge on any atom is 0.339 e. The molecule has 0 fully saturated rings. The van der Waals surface area contributed by atoms with Crippen molar-refractivity contribution in [1.29, 1.82) is 0 Å². The zero-order valence-corrected chi connectivity index (χ0v) is 20.6. The molecule has 4 rings (SSSR count). The molecule has 0 saturated heterocycles. The van der Waals surface area contributed by atoms with E-state index in [1.165, 1.54) is 18.2 Å². The van der Waals surface area contributed by atoms with E-state index in [2.05, 4.69) is 4.72 Å².